The van der Waals surface area contributed by atoms with E-state index in [1.807, 2.05) is 18.0 Å². The summed E-state index contributed by atoms with van der Waals surface area (Å²) in [7, 11) is 0. The first-order valence-electron chi connectivity index (χ1n) is 13.2. The van der Waals surface area contributed by atoms with Gasteiger partial charge in [0.2, 0.25) is 0 Å². The van der Waals surface area contributed by atoms with E-state index in [4.69, 9.17) is 4.98 Å². The zero-order valence-electron chi connectivity index (χ0n) is 22.3. The van der Waals surface area contributed by atoms with Crippen LogP contribution in [0.15, 0.2) is 76.7 Å². The monoisotopic (exact) mass is 489 g/mol. The van der Waals surface area contributed by atoms with Gasteiger partial charge in [0, 0.05) is 26.9 Å². The normalized spacial score (nSPS) is 13.5. The molecule has 0 radical (unpaired) electrons. The van der Waals surface area contributed by atoms with Crippen molar-refractivity contribution >= 4 is 44.1 Å². The molecule has 1 aromatic heterocycles. The zero-order chi connectivity index (χ0) is 25.2. The SMILES string of the molecule is CC(C)(C)CCc1cccc2c1cc1c3c(nccc32)-c2cc3ccccc3c(CC(C)(C)C)c2S1. The first kappa shape index (κ1) is 23.6. The van der Waals surface area contributed by atoms with E-state index in [-0.39, 0.29) is 5.41 Å². The molecule has 0 fully saturated rings. The van der Waals surface area contributed by atoms with Gasteiger partial charge in [0.05, 0.1) is 5.69 Å². The third-order valence-corrected chi connectivity index (χ3v) is 8.59. The lowest BCUT2D eigenvalue weighted by molar-refractivity contribution is 0.378. The van der Waals surface area contributed by atoms with Gasteiger partial charge in [-0.15, -0.1) is 0 Å². The van der Waals surface area contributed by atoms with Crippen LogP contribution in [0.4, 0.5) is 0 Å². The molecule has 182 valence electrons. The maximum Gasteiger partial charge on any atom is 0.0803 e. The predicted molar refractivity (Wildman–Crippen MR) is 157 cm³/mol. The Hall–Kier alpha value is -2.84. The number of fused-ring (bicyclic) bond motifs is 5. The van der Waals surface area contributed by atoms with Gasteiger partial charge in [-0.25, -0.2) is 0 Å². The Labute approximate surface area is 219 Å². The summed E-state index contributed by atoms with van der Waals surface area (Å²) in [5.74, 6) is 0. The van der Waals surface area contributed by atoms with Gasteiger partial charge in [-0.1, -0.05) is 95.8 Å². The second-order valence-corrected chi connectivity index (χ2v) is 13.9. The van der Waals surface area contributed by atoms with Crippen LogP contribution in [0.1, 0.15) is 59.1 Å². The molecule has 4 aromatic carbocycles. The number of aryl methyl sites for hydroxylation is 1. The largest absolute Gasteiger partial charge is 0.256 e. The summed E-state index contributed by atoms with van der Waals surface area (Å²) in [6.07, 6.45) is 5.34. The van der Waals surface area contributed by atoms with Crippen molar-refractivity contribution < 1.29 is 0 Å². The number of pyridine rings is 1. The van der Waals surface area contributed by atoms with Crippen LogP contribution >= 0.6 is 11.8 Å². The van der Waals surface area contributed by atoms with Crippen LogP contribution in [0.25, 0.3) is 43.6 Å². The van der Waals surface area contributed by atoms with Crippen LogP contribution in [-0.4, -0.2) is 4.98 Å². The summed E-state index contributed by atoms with van der Waals surface area (Å²) in [4.78, 5) is 7.75. The van der Waals surface area contributed by atoms with Crippen molar-refractivity contribution in [2.45, 2.75) is 70.6 Å². The fraction of sp³-hybridized carbons (Fsp3) is 0.324. The van der Waals surface area contributed by atoms with Crippen LogP contribution in [-0.2, 0) is 12.8 Å². The second-order valence-electron chi connectivity index (χ2n) is 12.8. The molecule has 6 rings (SSSR count). The third kappa shape index (κ3) is 4.10. The zero-order valence-corrected chi connectivity index (χ0v) is 23.1. The smallest absolute Gasteiger partial charge is 0.0803 e. The molecular formula is C34H35NS. The first-order valence-corrected chi connectivity index (χ1v) is 14.0. The Bertz CT molecular complexity index is 1650. The molecule has 2 heterocycles. The quantitative estimate of drug-likeness (QED) is 0.229. The van der Waals surface area contributed by atoms with E-state index in [2.05, 4.69) is 102 Å². The number of rotatable bonds is 3. The summed E-state index contributed by atoms with van der Waals surface area (Å²) < 4.78 is 0. The second kappa shape index (κ2) is 8.35. The maximum absolute atomic E-state index is 5.01. The van der Waals surface area contributed by atoms with Gasteiger partial charge < -0.3 is 0 Å². The van der Waals surface area contributed by atoms with Gasteiger partial charge in [0.25, 0.3) is 0 Å². The molecule has 0 atom stereocenters. The van der Waals surface area contributed by atoms with E-state index in [9.17, 15) is 0 Å². The molecule has 36 heavy (non-hydrogen) atoms. The number of benzene rings is 4. The fourth-order valence-corrected chi connectivity index (χ4v) is 6.96. The minimum atomic E-state index is 0.196. The lowest BCUT2D eigenvalue weighted by Crippen LogP contribution is -2.12. The highest BCUT2D eigenvalue weighted by Crippen LogP contribution is 2.52. The minimum Gasteiger partial charge on any atom is -0.256 e. The van der Waals surface area contributed by atoms with Gasteiger partial charge in [-0.2, -0.15) is 0 Å². The van der Waals surface area contributed by atoms with Crippen LogP contribution in [0.2, 0.25) is 0 Å². The molecule has 2 heteroatoms. The lowest BCUT2D eigenvalue weighted by atomic mass is 9.84. The maximum atomic E-state index is 5.01. The van der Waals surface area contributed by atoms with Crippen LogP contribution in [0.5, 0.6) is 0 Å². The average Bonchev–Trinajstić information content (AvgIpc) is 2.82. The molecule has 1 nitrogen and oxygen atoms in total. The van der Waals surface area contributed by atoms with Gasteiger partial charge >= 0.3 is 0 Å². The van der Waals surface area contributed by atoms with Crippen molar-refractivity contribution in [3.8, 4) is 11.3 Å². The lowest BCUT2D eigenvalue weighted by Gasteiger charge is -2.27. The summed E-state index contributed by atoms with van der Waals surface area (Å²) >= 11 is 1.96. The molecule has 0 amide bonds. The minimum absolute atomic E-state index is 0.196. The Morgan fingerprint density at radius 2 is 1.53 bits per heavy atom. The number of hydrogen-bond donors (Lipinski definition) is 0. The van der Waals surface area contributed by atoms with E-state index in [1.165, 1.54) is 65.2 Å². The van der Waals surface area contributed by atoms with E-state index in [1.54, 1.807) is 0 Å². The number of nitrogens with zero attached hydrogens (tertiary/aromatic N) is 1. The molecule has 1 aliphatic heterocycles. The molecule has 0 unspecified atom stereocenters. The first-order chi connectivity index (χ1) is 17.1. The fourth-order valence-electron chi connectivity index (χ4n) is 5.68. The molecule has 0 spiro atoms. The summed E-state index contributed by atoms with van der Waals surface area (Å²) in [5, 5.41) is 8.07. The number of aromatic nitrogens is 1. The van der Waals surface area contributed by atoms with Crippen molar-refractivity contribution in [2.24, 2.45) is 10.8 Å². The highest BCUT2D eigenvalue weighted by atomic mass is 32.2. The summed E-state index contributed by atoms with van der Waals surface area (Å²) in [5.41, 5.74) is 5.87. The standard InChI is InChI=1S/C34H35NS/c1-33(2,3)16-14-21-11-9-13-24-25-15-17-35-31-27-18-22-10-7-8-12-23(22)28(20-34(4,5)6)32(27)36-29(30(25)31)19-26(21)24/h7-13,15,17-19H,14,16,20H2,1-6H3. The van der Waals surface area contributed by atoms with Crippen LogP contribution in [0.3, 0.4) is 0 Å². The molecule has 0 saturated carbocycles. The van der Waals surface area contributed by atoms with Crippen molar-refractivity contribution in [1.82, 2.24) is 4.98 Å². The average molecular weight is 490 g/mol. The Morgan fingerprint density at radius 3 is 2.31 bits per heavy atom. The molecule has 0 N–H and O–H groups in total. The Kier molecular flexibility index (Phi) is 5.46. The molecule has 1 aliphatic rings. The van der Waals surface area contributed by atoms with Gasteiger partial charge in [-0.05, 0) is 86.3 Å². The van der Waals surface area contributed by atoms with Gasteiger partial charge in [0.15, 0.2) is 0 Å². The van der Waals surface area contributed by atoms with Gasteiger partial charge in [-0.3, -0.25) is 4.98 Å². The van der Waals surface area contributed by atoms with E-state index >= 15 is 0 Å². The molecule has 0 aliphatic carbocycles. The van der Waals surface area contributed by atoms with Crippen LogP contribution < -0.4 is 0 Å². The van der Waals surface area contributed by atoms with Crippen LogP contribution in [0, 0.1) is 10.8 Å². The highest BCUT2D eigenvalue weighted by Gasteiger charge is 2.27. The molecule has 0 bridgehead atoms. The summed E-state index contributed by atoms with van der Waals surface area (Å²) in [6.45, 7) is 14.0. The molecular weight excluding hydrogens is 454 g/mol. The van der Waals surface area contributed by atoms with Crippen molar-refractivity contribution in [2.75, 3.05) is 0 Å². The van der Waals surface area contributed by atoms with E-state index in [0.29, 0.717) is 5.41 Å². The highest BCUT2D eigenvalue weighted by molar-refractivity contribution is 8.00. The molecule has 5 aromatic rings. The summed E-state index contributed by atoms with van der Waals surface area (Å²) in [6, 6.07) is 22.8. The third-order valence-electron chi connectivity index (χ3n) is 7.38. The van der Waals surface area contributed by atoms with Crippen molar-refractivity contribution in [3.05, 3.63) is 78.0 Å². The number of hydrogen-bond acceptors (Lipinski definition) is 2. The van der Waals surface area contributed by atoms with E-state index < -0.39 is 0 Å². The Balaban J connectivity index is 1.64. The van der Waals surface area contributed by atoms with E-state index in [0.717, 1.165) is 18.5 Å². The predicted octanol–water partition coefficient (Wildman–Crippen LogP) is 10.2. The van der Waals surface area contributed by atoms with Crippen molar-refractivity contribution in [3.63, 3.8) is 0 Å². The Morgan fingerprint density at radius 1 is 0.750 bits per heavy atom. The molecule has 0 saturated heterocycles. The topological polar surface area (TPSA) is 12.9 Å². The van der Waals surface area contributed by atoms with Gasteiger partial charge in [0.1, 0.15) is 0 Å². The van der Waals surface area contributed by atoms with Crippen molar-refractivity contribution in [1.29, 1.82) is 0 Å².